The summed E-state index contributed by atoms with van der Waals surface area (Å²) in [5.41, 5.74) is 0.936. The van der Waals surface area contributed by atoms with E-state index in [-0.39, 0.29) is 10.8 Å². The van der Waals surface area contributed by atoms with Gasteiger partial charge in [-0.3, -0.25) is 4.79 Å². The molecule has 1 aliphatic carbocycles. The zero-order chi connectivity index (χ0) is 19.7. The van der Waals surface area contributed by atoms with Gasteiger partial charge in [-0.15, -0.1) is 0 Å². The van der Waals surface area contributed by atoms with Crippen LogP contribution in [-0.2, 0) is 21.2 Å². The zero-order valence-electron chi connectivity index (χ0n) is 15.0. The lowest BCUT2D eigenvalue weighted by Crippen LogP contribution is -2.51. The molecule has 1 saturated carbocycles. The summed E-state index contributed by atoms with van der Waals surface area (Å²) in [5, 5.41) is 0.465. The molecule has 0 saturated heterocycles. The van der Waals surface area contributed by atoms with Crippen molar-refractivity contribution in [1.29, 1.82) is 0 Å². The Hall–Kier alpha value is -1.37. The van der Waals surface area contributed by atoms with Gasteiger partial charge in [-0.1, -0.05) is 58.6 Å². The lowest BCUT2D eigenvalue weighted by molar-refractivity contribution is -0.133. The van der Waals surface area contributed by atoms with Crippen LogP contribution in [-0.4, -0.2) is 31.0 Å². The Labute approximate surface area is 173 Å². The fourth-order valence-corrected chi connectivity index (χ4v) is 6.38. The Morgan fingerprint density at radius 1 is 1.11 bits per heavy atom. The highest BCUT2D eigenvalue weighted by Crippen LogP contribution is 2.42. The lowest BCUT2D eigenvalue weighted by Gasteiger charge is -2.32. The summed E-state index contributed by atoms with van der Waals surface area (Å²) < 4.78 is 26.4. The van der Waals surface area contributed by atoms with Crippen LogP contribution in [0.2, 0.25) is 5.02 Å². The maximum absolute atomic E-state index is 13.4. The third-order valence-electron chi connectivity index (χ3n) is 5.15. The molecule has 2 aromatic carbocycles. The van der Waals surface area contributed by atoms with E-state index < -0.39 is 14.6 Å². The fraction of sp³-hybridized carbons (Fsp3) is 0.350. The molecule has 0 aromatic heterocycles. The normalized spacial score (nSPS) is 16.3. The number of amides is 1. The monoisotopic (exact) mass is 469 g/mol. The summed E-state index contributed by atoms with van der Waals surface area (Å²) >= 11 is 9.38. The molecule has 1 amide bonds. The Kier molecular flexibility index (Phi) is 5.99. The number of hydrogen-bond donors (Lipinski definition) is 0. The molecule has 7 heteroatoms. The summed E-state index contributed by atoms with van der Waals surface area (Å²) in [7, 11) is -2.16. The van der Waals surface area contributed by atoms with Gasteiger partial charge in [0.05, 0.1) is 4.90 Å². The Morgan fingerprint density at radius 3 is 2.30 bits per heavy atom. The minimum absolute atomic E-state index is 0.149. The average molecular weight is 471 g/mol. The second kappa shape index (κ2) is 7.94. The first kappa shape index (κ1) is 20.4. The molecule has 0 N–H and O–H groups in total. The maximum Gasteiger partial charge on any atom is 0.244 e. The maximum atomic E-state index is 13.4. The van der Waals surface area contributed by atoms with E-state index in [0.29, 0.717) is 24.4 Å². The smallest absolute Gasteiger partial charge is 0.244 e. The van der Waals surface area contributed by atoms with E-state index in [4.69, 9.17) is 11.6 Å². The molecule has 1 aliphatic rings. The molecule has 0 spiro atoms. The van der Waals surface area contributed by atoms with Gasteiger partial charge in [0.2, 0.25) is 5.91 Å². The molecule has 0 heterocycles. The van der Waals surface area contributed by atoms with Crippen molar-refractivity contribution in [3.63, 3.8) is 0 Å². The van der Waals surface area contributed by atoms with Crippen molar-refractivity contribution in [2.75, 3.05) is 7.05 Å². The topological polar surface area (TPSA) is 54.5 Å². The van der Waals surface area contributed by atoms with Crippen molar-refractivity contribution in [2.24, 2.45) is 0 Å². The molecular formula is C20H21BrClNO3S. The summed E-state index contributed by atoms with van der Waals surface area (Å²) in [6.45, 7) is 0.345. The van der Waals surface area contributed by atoms with Crippen molar-refractivity contribution in [3.05, 3.63) is 63.6 Å². The average Bonchev–Trinajstić information content (AvgIpc) is 3.15. The molecule has 2 aromatic rings. The zero-order valence-corrected chi connectivity index (χ0v) is 18.1. The van der Waals surface area contributed by atoms with E-state index in [9.17, 15) is 13.2 Å². The molecule has 4 nitrogen and oxygen atoms in total. The van der Waals surface area contributed by atoms with Crippen molar-refractivity contribution in [2.45, 2.75) is 41.9 Å². The lowest BCUT2D eigenvalue weighted by atomic mass is 10.1. The number of carbonyl (C=O) groups excluding carboxylic acids is 1. The van der Waals surface area contributed by atoms with Gasteiger partial charge >= 0.3 is 0 Å². The number of sulfone groups is 1. The van der Waals surface area contributed by atoms with Crippen LogP contribution in [0, 0.1) is 0 Å². The molecular weight excluding hydrogens is 450 g/mol. The van der Waals surface area contributed by atoms with Crippen molar-refractivity contribution < 1.29 is 13.2 Å². The largest absolute Gasteiger partial charge is 0.340 e. The third-order valence-corrected chi connectivity index (χ3v) is 8.68. The summed E-state index contributed by atoms with van der Waals surface area (Å²) in [6.07, 6.45) is 2.14. The van der Waals surface area contributed by atoms with Gasteiger partial charge in [0.15, 0.2) is 14.6 Å². The quantitative estimate of drug-likeness (QED) is 0.628. The van der Waals surface area contributed by atoms with E-state index >= 15 is 0 Å². The predicted octanol–water partition coefficient (Wildman–Crippen LogP) is 4.85. The van der Waals surface area contributed by atoms with Crippen molar-refractivity contribution in [3.8, 4) is 0 Å². The summed E-state index contributed by atoms with van der Waals surface area (Å²) in [6, 6.07) is 13.7. The predicted molar refractivity (Wildman–Crippen MR) is 110 cm³/mol. The molecule has 0 unspecified atom stereocenters. The second-order valence-electron chi connectivity index (χ2n) is 6.91. The van der Waals surface area contributed by atoms with Crippen LogP contribution in [0.1, 0.15) is 31.2 Å². The van der Waals surface area contributed by atoms with Crippen molar-refractivity contribution in [1.82, 2.24) is 4.90 Å². The molecule has 0 aliphatic heterocycles. The highest BCUT2D eigenvalue weighted by Gasteiger charge is 2.54. The SMILES string of the molecule is CN(Cc1ccccc1Br)C(=O)C1(S(=O)(=O)c2ccc(Cl)cc2)CCCC1. The van der Waals surface area contributed by atoms with Crippen LogP contribution in [0.25, 0.3) is 0 Å². The number of hydrogen-bond acceptors (Lipinski definition) is 3. The van der Waals surface area contributed by atoms with Gasteiger partial charge in [-0.2, -0.15) is 0 Å². The van der Waals surface area contributed by atoms with Crippen LogP contribution in [0.15, 0.2) is 57.9 Å². The molecule has 27 heavy (non-hydrogen) atoms. The number of carbonyl (C=O) groups is 1. The molecule has 0 radical (unpaired) electrons. The first-order valence-corrected chi connectivity index (χ1v) is 11.4. The van der Waals surface area contributed by atoms with E-state index in [1.54, 1.807) is 19.2 Å². The van der Waals surface area contributed by atoms with Gasteiger partial charge in [-0.05, 0) is 48.7 Å². The highest BCUT2D eigenvalue weighted by atomic mass is 79.9. The summed E-state index contributed by atoms with van der Waals surface area (Å²) in [5.74, 6) is -0.342. The number of rotatable bonds is 5. The van der Waals surface area contributed by atoms with Gasteiger partial charge in [0, 0.05) is 23.1 Å². The summed E-state index contributed by atoms with van der Waals surface area (Å²) in [4.78, 5) is 15.1. The van der Waals surface area contributed by atoms with Crippen LogP contribution in [0.5, 0.6) is 0 Å². The van der Waals surface area contributed by atoms with Gasteiger partial charge in [0.1, 0.15) is 0 Å². The van der Waals surface area contributed by atoms with Crippen LogP contribution in [0.4, 0.5) is 0 Å². The first-order valence-electron chi connectivity index (χ1n) is 8.77. The molecule has 0 atom stereocenters. The fourth-order valence-electron chi connectivity index (χ4n) is 3.68. The van der Waals surface area contributed by atoms with Crippen molar-refractivity contribution >= 4 is 43.3 Å². The van der Waals surface area contributed by atoms with E-state index in [1.807, 2.05) is 24.3 Å². The molecule has 3 rings (SSSR count). The van der Waals surface area contributed by atoms with E-state index in [2.05, 4.69) is 15.9 Å². The number of halogens is 2. The van der Waals surface area contributed by atoms with Crippen LogP contribution in [0.3, 0.4) is 0 Å². The Balaban J connectivity index is 1.95. The Morgan fingerprint density at radius 2 is 1.70 bits per heavy atom. The second-order valence-corrected chi connectivity index (χ2v) is 10.5. The number of benzene rings is 2. The van der Waals surface area contributed by atoms with Gasteiger partial charge < -0.3 is 4.90 Å². The van der Waals surface area contributed by atoms with E-state index in [0.717, 1.165) is 22.9 Å². The molecule has 144 valence electrons. The number of nitrogens with zero attached hydrogens (tertiary/aromatic N) is 1. The van der Waals surface area contributed by atoms with Gasteiger partial charge in [-0.25, -0.2) is 8.42 Å². The third kappa shape index (κ3) is 3.80. The molecule has 0 bridgehead atoms. The van der Waals surface area contributed by atoms with E-state index in [1.165, 1.54) is 17.0 Å². The van der Waals surface area contributed by atoms with Crippen LogP contribution >= 0.6 is 27.5 Å². The van der Waals surface area contributed by atoms with Gasteiger partial charge in [0.25, 0.3) is 0 Å². The highest BCUT2D eigenvalue weighted by molar-refractivity contribution is 9.10. The minimum atomic E-state index is -3.83. The molecule has 1 fully saturated rings. The first-order chi connectivity index (χ1) is 12.8. The standard InChI is InChI=1S/C20H21BrClNO3S/c1-23(14-15-6-2-3-7-18(15)21)19(24)20(12-4-5-13-20)27(25,26)17-10-8-16(22)9-11-17/h2-3,6-11H,4-5,12-14H2,1H3. The Bertz CT molecular complexity index is 938. The van der Waals surface area contributed by atoms with Crippen LogP contribution < -0.4 is 0 Å². The minimum Gasteiger partial charge on any atom is -0.340 e.